The molecule has 0 radical (unpaired) electrons. The van der Waals surface area contributed by atoms with E-state index >= 15 is 0 Å². The first-order valence-corrected chi connectivity index (χ1v) is 5.83. The maximum atomic E-state index is 5.86. The summed E-state index contributed by atoms with van der Waals surface area (Å²) in [6, 6.07) is 0. The predicted molar refractivity (Wildman–Crippen MR) is 63.2 cm³/mol. The van der Waals surface area contributed by atoms with E-state index in [0.29, 0.717) is 11.9 Å². The van der Waals surface area contributed by atoms with Gasteiger partial charge in [0.1, 0.15) is 6.33 Å². The molecule has 2 heterocycles. The molecule has 1 aliphatic rings. The van der Waals surface area contributed by atoms with Crippen LogP contribution in [0.2, 0.25) is 5.28 Å². The molecule has 17 heavy (non-hydrogen) atoms. The Morgan fingerprint density at radius 1 is 1.35 bits per heavy atom. The first-order valence-electron chi connectivity index (χ1n) is 5.45. The van der Waals surface area contributed by atoms with E-state index in [1.807, 2.05) is 0 Å². The molecule has 1 fully saturated rings. The standard InChI is InChI=1S/C10H11ClN6/c11-8-14-9(13-5-7-1-2-7)16-10(15-8)17-4-3-12-6-17/h3-4,6-7H,1-2,5H2,(H,13,14,15,16). The maximum absolute atomic E-state index is 5.86. The lowest BCUT2D eigenvalue weighted by Gasteiger charge is -2.05. The Labute approximate surface area is 103 Å². The molecule has 0 unspecified atom stereocenters. The maximum Gasteiger partial charge on any atom is 0.241 e. The van der Waals surface area contributed by atoms with Crippen LogP contribution >= 0.6 is 11.6 Å². The van der Waals surface area contributed by atoms with E-state index in [-0.39, 0.29) is 5.28 Å². The van der Waals surface area contributed by atoms with Crippen molar-refractivity contribution in [1.29, 1.82) is 0 Å². The molecule has 1 aliphatic carbocycles. The van der Waals surface area contributed by atoms with Crippen molar-refractivity contribution in [3.8, 4) is 5.95 Å². The second kappa shape index (κ2) is 4.29. The fraction of sp³-hybridized carbons (Fsp3) is 0.400. The third-order valence-corrected chi connectivity index (χ3v) is 2.75. The highest BCUT2D eigenvalue weighted by atomic mass is 35.5. The smallest absolute Gasteiger partial charge is 0.241 e. The summed E-state index contributed by atoms with van der Waals surface area (Å²) in [4.78, 5) is 16.3. The monoisotopic (exact) mass is 250 g/mol. The van der Waals surface area contributed by atoms with Gasteiger partial charge in [-0.3, -0.25) is 4.57 Å². The van der Waals surface area contributed by atoms with Crippen LogP contribution in [-0.2, 0) is 0 Å². The van der Waals surface area contributed by atoms with Gasteiger partial charge >= 0.3 is 0 Å². The Morgan fingerprint density at radius 3 is 2.94 bits per heavy atom. The van der Waals surface area contributed by atoms with Gasteiger partial charge in [0, 0.05) is 18.9 Å². The number of aromatic nitrogens is 5. The van der Waals surface area contributed by atoms with Gasteiger partial charge in [0.25, 0.3) is 0 Å². The van der Waals surface area contributed by atoms with Crippen molar-refractivity contribution in [2.24, 2.45) is 5.92 Å². The summed E-state index contributed by atoms with van der Waals surface area (Å²) in [6.07, 6.45) is 7.60. The van der Waals surface area contributed by atoms with Crippen LogP contribution in [0, 0.1) is 5.92 Å². The molecule has 0 amide bonds. The van der Waals surface area contributed by atoms with E-state index < -0.39 is 0 Å². The molecular weight excluding hydrogens is 240 g/mol. The zero-order valence-corrected chi connectivity index (χ0v) is 9.80. The molecule has 0 atom stereocenters. The van der Waals surface area contributed by atoms with Gasteiger partial charge in [0.05, 0.1) is 0 Å². The Hall–Kier alpha value is -1.69. The van der Waals surface area contributed by atoms with Crippen molar-refractivity contribution in [3.63, 3.8) is 0 Å². The van der Waals surface area contributed by atoms with Crippen LogP contribution in [0.1, 0.15) is 12.8 Å². The van der Waals surface area contributed by atoms with Crippen molar-refractivity contribution in [2.45, 2.75) is 12.8 Å². The third-order valence-electron chi connectivity index (χ3n) is 2.58. The van der Waals surface area contributed by atoms with Crippen LogP contribution in [0.15, 0.2) is 18.7 Å². The summed E-state index contributed by atoms with van der Waals surface area (Å²) < 4.78 is 1.69. The van der Waals surface area contributed by atoms with Crippen LogP contribution in [0.25, 0.3) is 5.95 Å². The Bertz CT molecular complexity index is 508. The molecule has 3 rings (SSSR count). The molecule has 1 saturated carbocycles. The molecule has 7 heteroatoms. The van der Waals surface area contributed by atoms with E-state index in [9.17, 15) is 0 Å². The Kier molecular flexibility index (Phi) is 2.64. The van der Waals surface area contributed by atoms with E-state index in [1.165, 1.54) is 12.8 Å². The molecule has 0 spiro atoms. The fourth-order valence-corrected chi connectivity index (χ4v) is 1.62. The lowest BCUT2D eigenvalue weighted by atomic mass is 10.4. The van der Waals surface area contributed by atoms with Crippen LogP contribution in [0.3, 0.4) is 0 Å². The minimum absolute atomic E-state index is 0.182. The molecule has 88 valence electrons. The minimum Gasteiger partial charge on any atom is -0.354 e. The molecule has 1 N–H and O–H groups in total. The molecule has 0 aliphatic heterocycles. The number of nitrogens with zero attached hydrogens (tertiary/aromatic N) is 5. The van der Waals surface area contributed by atoms with Crippen molar-refractivity contribution >= 4 is 17.5 Å². The van der Waals surface area contributed by atoms with Crippen LogP contribution < -0.4 is 5.32 Å². The number of nitrogens with one attached hydrogen (secondary N) is 1. The van der Waals surface area contributed by atoms with E-state index in [4.69, 9.17) is 11.6 Å². The van der Waals surface area contributed by atoms with Gasteiger partial charge in [-0.25, -0.2) is 4.98 Å². The zero-order chi connectivity index (χ0) is 11.7. The van der Waals surface area contributed by atoms with Crippen molar-refractivity contribution < 1.29 is 0 Å². The molecule has 0 aromatic carbocycles. The first kappa shape index (κ1) is 10.5. The van der Waals surface area contributed by atoms with E-state index in [0.717, 1.165) is 12.5 Å². The molecule has 6 nitrogen and oxygen atoms in total. The third kappa shape index (κ3) is 2.52. The molecule has 0 bridgehead atoms. The van der Waals surface area contributed by atoms with Gasteiger partial charge in [-0.15, -0.1) is 0 Å². The summed E-state index contributed by atoms with van der Waals surface area (Å²) in [6.45, 7) is 0.893. The SMILES string of the molecule is Clc1nc(NCC2CC2)nc(-n2ccnc2)n1. The highest BCUT2D eigenvalue weighted by Gasteiger charge is 2.21. The number of hydrogen-bond donors (Lipinski definition) is 1. The highest BCUT2D eigenvalue weighted by molar-refractivity contribution is 6.28. The summed E-state index contributed by atoms with van der Waals surface area (Å²) >= 11 is 5.86. The van der Waals surface area contributed by atoms with Crippen molar-refractivity contribution in [2.75, 3.05) is 11.9 Å². The number of anilines is 1. The van der Waals surface area contributed by atoms with Crippen LogP contribution in [-0.4, -0.2) is 31.0 Å². The summed E-state index contributed by atoms with van der Waals surface area (Å²) in [5, 5.41) is 3.35. The van der Waals surface area contributed by atoms with E-state index in [2.05, 4.69) is 25.3 Å². The van der Waals surface area contributed by atoms with Gasteiger partial charge in [0.2, 0.25) is 17.2 Å². The fourth-order valence-electron chi connectivity index (χ4n) is 1.47. The molecular formula is C10H11ClN6. The lowest BCUT2D eigenvalue weighted by molar-refractivity contribution is 0.848. The Balaban J connectivity index is 1.83. The Morgan fingerprint density at radius 2 is 2.24 bits per heavy atom. The predicted octanol–water partition coefficient (Wildman–Crippen LogP) is 1.53. The number of halogens is 1. The molecule has 0 saturated heterocycles. The quantitative estimate of drug-likeness (QED) is 0.891. The first-order chi connectivity index (χ1) is 8.31. The minimum atomic E-state index is 0.182. The van der Waals surface area contributed by atoms with Gasteiger partial charge in [0.15, 0.2) is 0 Å². The lowest BCUT2D eigenvalue weighted by Crippen LogP contribution is -2.10. The molecule has 2 aromatic rings. The summed E-state index contributed by atoms with van der Waals surface area (Å²) in [5.41, 5.74) is 0. The molecule has 2 aromatic heterocycles. The second-order valence-corrected chi connectivity index (χ2v) is 4.36. The summed E-state index contributed by atoms with van der Waals surface area (Å²) in [7, 11) is 0. The van der Waals surface area contributed by atoms with Crippen molar-refractivity contribution in [1.82, 2.24) is 24.5 Å². The number of hydrogen-bond acceptors (Lipinski definition) is 5. The van der Waals surface area contributed by atoms with E-state index in [1.54, 1.807) is 23.3 Å². The van der Waals surface area contributed by atoms with Crippen LogP contribution in [0.5, 0.6) is 0 Å². The average molecular weight is 251 g/mol. The topological polar surface area (TPSA) is 68.5 Å². The van der Waals surface area contributed by atoms with Crippen LogP contribution in [0.4, 0.5) is 5.95 Å². The normalized spacial score (nSPS) is 14.9. The number of imidazole rings is 1. The second-order valence-electron chi connectivity index (χ2n) is 4.02. The number of rotatable bonds is 4. The van der Waals surface area contributed by atoms with Gasteiger partial charge < -0.3 is 5.32 Å². The highest BCUT2D eigenvalue weighted by Crippen LogP contribution is 2.28. The van der Waals surface area contributed by atoms with Gasteiger partial charge in [-0.2, -0.15) is 15.0 Å². The van der Waals surface area contributed by atoms with Gasteiger partial charge in [-0.05, 0) is 30.4 Å². The summed E-state index contributed by atoms with van der Waals surface area (Å²) in [5.74, 6) is 1.74. The largest absolute Gasteiger partial charge is 0.354 e. The van der Waals surface area contributed by atoms with Gasteiger partial charge in [-0.1, -0.05) is 0 Å². The zero-order valence-electron chi connectivity index (χ0n) is 9.04. The average Bonchev–Trinajstić information content (AvgIpc) is 2.98. The van der Waals surface area contributed by atoms with Crippen molar-refractivity contribution in [3.05, 3.63) is 24.0 Å².